The zero-order chi connectivity index (χ0) is 17.7. The van der Waals surface area contributed by atoms with E-state index in [2.05, 4.69) is 39.9 Å². The van der Waals surface area contributed by atoms with Crippen LogP contribution in [0.3, 0.4) is 0 Å². The van der Waals surface area contributed by atoms with Crippen LogP contribution in [0, 0.1) is 5.92 Å². The molecule has 2 aliphatic rings. The molecule has 1 fully saturated rings. The van der Waals surface area contributed by atoms with Crippen LogP contribution in [0.1, 0.15) is 23.5 Å². The lowest BCUT2D eigenvalue weighted by atomic mass is 9.92. The number of aromatic nitrogens is 3. The van der Waals surface area contributed by atoms with Crippen molar-refractivity contribution in [2.75, 3.05) is 0 Å². The molecule has 6 nitrogen and oxygen atoms in total. The lowest BCUT2D eigenvalue weighted by Gasteiger charge is -2.13. The van der Waals surface area contributed by atoms with Crippen molar-refractivity contribution < 1.29 is 4.79 Å². The van der Waals surface area contributed by atoms with Crippen LogP contribution >= 0.6 is 0 Å². The second-order valence-electron chi connectivity index (χ2n) is 7.09. The molecule has 2 aliphatic carbocycles. The van der Waals surface area contributed by atoms with Gasteiger partial charge in [-0.2, -0.15) is 0 Å². The highest BCUT2D eigenvalue weighted by atomic mass is 16.2. The van der Waals surface area contributed by atoms with Crippen molar-refractivity contribution in [3.05, 3.63) is 70.0 Å². The summed E-state index contributed by atoms with van der Waals surface area (Å²) in [5.41, 5.74) is 3.00. The zero-order valence-corrected chi connectivity index (χ0v) is 14.1. The minimum absolute atomic E-state index is 0.103. The highest BCUT2D eigenvalue weighted by Gasteiger charge is 2.53. The maximum Gasteiger partial charge on any atom is 0.278 e. The van der Waals surface area contributed by atoms with Gasteiger partial charge in [0.1, 0.15) is 12.1 Å². The van der Waals surface area contributed by atoms with Crippen LogP contribution in [0.15, 0.2) is 53.3 Å². The Bertz CT molecular complexity index is 1070. The average Bonchev–Trinajstić information content (AvgIpc) is 3.37. The summed E-state index contributed by atoms with van der Waals surface area (Å²) in [7, 11) is 0. The first-order valence-electron chi connectivity index (χ1n) is 8.92. The number of fused-ring (bicyclic) bond motifs is 4. The quantitative estimate of drug-likeness (QED) is 0.782. The molecule has 1 aromatic heterocycles. The fourth-order valence-corrected chi connectivity index (χ4v) is 4.26. The standard InChI is InChI=1S/C20H18N4O2/c25-17(11-24-20(26)14-7-3-4-8-16(14)22-23-24)21-19-15-10-9-12-5-1-2-6-13(12)18(15)19/h1-8,15,18-19H,9-11H2,(H,21,25). The van der Waals surface area contributed by atoms with E-state index in [0.29, 0.717) is 22.7 Å². The molecule has 5 rings (SSSR count). The van der Waals surface area contributed by atoms with Gasteiger partial charge >= 0.3 is 0 Å². The zero-order valence-electron chi connectivity index (χ0n) is 14.1. The number of benzene rings is 2. The van der Waals surface area contributed by atoms with E-state index in [9.17, 15) is 9.59 Å². The van der Waals surface area contributed by atoms with Crippen molar-refractivity contribution in [2.45, 2.75) is 31.3 Å². The third-order valence-corrected chi connectivity index (χ3v) is 5.58. The summed E-state index contributed by atoms with van der Waals surface area (Å²) >= 11 is 0. The maximum absolute atomic E-state index is 12.5. The van der Waals surface area contributed by atoms with Gasteiger partial charge < -0.3 is 5.32 Å². The van der Waals surface area contributed by atoms with Gasteiger partial charge in [-0.15, -0.1) is 5.10 Å². The number of carbonyl (C=O) groups excluding carboxylic acids is 1. The molecule has 0 saturated heterocycles. The van der Waals surface area contributed by atoms with E-state index in [-0.39, 0.29) is 24.1 Å². The second-order valence-corrected chi connectivity index (χ2v) is 7.09. The van der Waals surface area contributed by atoms with Crippen LogP contribution in [0.25, 0.3) is 10.9 Å². The van der Waals surface area contributed by atoms with Crippen molar-refractivity contribution in [3.8, 4) is 0 Å². The Balaban J connectivity index is 1.32. The van der Waals surface area contributed by atoms with E-state index < -0.39 is 0 Å². The van der Waals surface area contributed by atoms with E-state index >= 15 is 0 Å². The first kappa shape index (κ1) is 15.3. The van der Waals surface area contributed by atoms with Crippen LogP contribution in [-0.2, 0) is 17.8 Å². The largest absolute Gasteiger partial charge is 0.351 e. The molecule has 0 aliphatic heterocycles. The third-order valence-electron chi connectivity index (χ3n) is 5.58. The molecule has 6 heteroatoms. The maximum atomic E-state index is 12.5. The van der Waals surface area contributed by atoms with Crippen molar-refractivity contribution in [1.82, 2.24) is 20.3 Å². The topological polar surface area (TPSA) is 76.9 Å². The molecule has 3 aromatic rings. The number of nitrogens with zero attached hydrogens (tertiary/aromatic N) is 3. The first-order valence-corrected chi connectivity index (χ1v) is 8.92. The molecule has 130 valence electrons. The Morgan fingerprint density at radius 3 is 2.88 bits per heavy atom. The van der Waals surface area contributed by atoms with E-state index in [0.717, 1.165) is 17.5 Å². The summed E-state index contributed by atoms with van der Waals surface area (Å²) in [6, 6.07) is 15.7. The molecule has 1 heterocycles. The highest BCUT2D eigenvalue weighted by molar-refractivity contribution is 5.79. The van der Waals surface area contributed by atoms with Gasteiger partial charge in [-0.25, -0.2) is 4.68 Å². The Labute approximate surface area is 149 Å². The van der Waals surface area contributed by atoms with Crippen molar-refractivity contribution >= 4 is 16.8 Å². The van der Waals surface area contributed by atoms with Crippen molar-refractivity contribution in [2.24, 2.45) is 5.92 Å². The van der Waals surface area contributed by atoms with E-state index in [4.69, 9.17) is 0 Å². The van der Waals surface area contributed by atoms with Gasteiger partial charge in [0.15, 0.2) is 0 Å². The average molecular weight is 346 g/mol. The van der Waals surface area contributed by atoms with Crippen LogP contribution in [0.5, 0.6) is 0 Å². The summed E-state index contributed by atoms with van der Waals surface area (Å²) in [5, 5.41) is 11.5. The Hall–Kier alpha value is -3.02. The van der Waals surface area contributed by atoms with Gasteiger partial charge in [0.2, 0.25) is 5.91 Å². The fraction of sp³-hybridized carbons (Fsp3) is 0.300. The molecule has 2 aromatic carbocycles. The second kappa shape index (κ2) is 5.76. The molecule has 0 spiro atoms. The number of hydrogen-bond donors (Lipinski definition) is 1. The number of hydrogen-bond acceptors (Lipinski definition) is 4. The number of nitrogens with one attached hydrogen (secondary N) is 1. The van der Waals surface area contributed by atoms with Gasteiger partial charge in [0, 0.05) is 12.0 Å². The monoisotopic (exact) mass is 346 g/mol. The normalized spacial score (nSPS) is 23.2. The summed E-state index contributed by atoms with van der Waals surface area (Å²) in [5.74, 6) is 0.727. The van der Waals surface area contributed by atoms with Crippen LogP contribution in [-0.4, -0.2) is 26.9 Å². The van der Waals surface area contributed by atoms with E-state index in [1.807, 2.05) is 0 Å². The minimum Gasteiger partial charge on any atom is -0.351 e. The van der Waals surface area contributed by atoms with Gasteiger partial charge in [0.05, 0.1) is 5.39 Å². The SMILES string of the molecule is O=C(Cn1nnc2ccccc2c1=O)NC1C2CCc3ccccc3C21. The molecule has 0 bridgehead atoms. The molecular formula is C20H18N4O2. The van der Waals surface area contributed by atoms with Gasteiger partial charge in [0.25, 0.3) is 5.56 Å². The Morgan fingerprint density at radius 1 is 1.15 bits per heavy atom. The van der Waals surface area contributed by atoms with E-state index in [1.165, 1.54) is 11.1 Å². The number of aryl methyl sites for hydroxylation is 1. The molecule has 1 amide bonds. The van der Waals surface area contributed by atoms with Crippen molar-refractivity contribution in [3.63, 3.8) is 0 Å². The highest BCUT2D eigenvalue weighted by Crippen LogP contribution is 2.54. The molecule has 0 radical (unpaired) electrons. The van der Waals surface area contributed by atoms with Gasteiger partial charge in [-0.1, -0.05) is 41.6 Å². The van der Waals surface area contributed by atoms with Gasteiger partial charge in [-0.05, 0) is 42.0 Å². The predicted molar refractivity (Wildman–Crippen MR) is 96.7 cm³/mol. The minimum atomic E-state index is -0.288. The summed E-state index contributed by atoms with van der Waals surface area (Å²) in [4.78, 5) is 24.9. The summed E-state index contributed by atoms with van der Waals surface area (Å²) < 4.78 is 1.14. The number of amides is 1. The molecule has 3 unspecified atom stereocenters. The first-order chi connectivity index (χ1) is 12.7. The molecule has 1 saturated carbocycles. The van der Waals surface area contributed by atoms with Crippen LogP contribution < -0.4 is 10.9 Å². The molecule has 26 heavy (non-hydrogen) atoms. The molecule has 1 N–H and O–H groups in total. The van der Waals surface area contributed by atoms with Crippen LogP contribution in [0.2, 0.25) is 0 Å². The molecule has 3 atom stereocenters. The lowest BCUT2D eigenvalue weighted by Crippen LogP contribution is -2.36. The number of carbonyl (C=O) groups is 1. The fourth-order valence-electron chi connectivity index (χ4n) is 4.26. The molecular weight excluding hydrogens is 328 g/mol. The Morgan fingerprint density at radius 2 is 1.96 bits per heavy atom. The Kier molecular flexibility index (Phi) is 3.38. The number of rotatable bonds is 3. The third kappa shape index (κ3) is 2.41. The predicted octanol–water partition coefficient (Wildman–Crippen LogP) is 1.64. The summed E-state index contributed by atoms with van der Waals surface area (Å²) in [6.45, 7) is -0.103. The van der Waals surface area contributed by atoms with Crippen molar-refractivity contribution in [1.29, 1.82) is 0 Å². The van der Waals surface area contributed by atoms with E-state index in [1.54, 1.807) is 24.3 Å². The van der Waals surface area contributed by atoms with Gasteiger partial charge in [-0.3, -0.25) is 9.59 Å². The van der Waals surface area contributed by atoms with Crippen LogP contribution in [0.4, 0.5) is 0 Å². The summed E-state index contributed by atoms with van der Waals surface area (Å²) in [6.07, 6.45) is 2.17. The lowest BCUT2D eigenvalue weighted by molar-refractivity contribution is -0.122. The smallest absolute Gasteiger partial charge is 0.278 e.